The zero-order valence-electron chi connectivity index (χ0n) is 46.4. The molecular weight excluding hydrogens is 1000 g/mol. The summed E-state index contributed by atoms with van der Waals surface area (Å²) in [5.41, 5.74) is 22.8. The van der Waals surface area contributed by atoms with Crippen molar-refractivity contribution in [3.8, 4) is 22.7 Å². The molecule has 0 N–H and O–H groups in total. The molecule has 16 rings (SSSR count). The van der Waals surface area contributed by atoms with Crippen molar-refractivity contribution in [2.75, 3.05) is 0 Å². The smallest absolute Gasteiger partial charge is 0.244 e. The summed E-state index contributed by atoms with van der Waals surface area (Å²) in [6.45, 7) is 14.3. The maximum Gasteiger partial charge on any atom is 0.244 e. The van der Waals surface area contributed by atoms with Gasteiger partial charge in [-0.25, -0.2) is 0 Å². The van der Waals surface area contributed by atoms with Gasteiger partial charge in [-0.3, -0.25) is 0 Å². The van der Waals surface area contributed by atoms with Gasteiger partial charge in [0.2, 0.25) is 6.71 Å². The molecule has 0 spiro atoms. The summed E-state index contributed by atoms with van der Waals surface area (Å²) < 4.78 is 9.95. The molecule has 0 saturated heterocycles. The van der Waals surface area contributed by atoms with Crippen molar-refractivity contribution in [1.82, 2.24) is 18.3 Å². The Morgan fingerprint density at radius 1 is 0.284 bits per heavy atom. The van der Waals surface area contributed by atoms with Crippen molar-refractivity contribution >= 4 is 122 Å². The molecule has 81 heavy (non-hydrogen) atoms. The largest absolute Gasteiger partial charge is 0.309 e. The first-order chi connectivity index (χ1) is 39.7. The van der Waals surface area contributed by atoms with Crippen LogP contribution in [0.2, 0.25) is 0 Å². The van der Waals surface area contributed by atoms with Gasteiger partial charge < -0.3 is 18.3 Å². The van der Waals surface area contributed by atoms with E-state index in [0.717, 1.165) is 22.7 Å². The Bertz CT molecular complexity index is 4760. The number of hydrogen-bond acceptors (Lipinski definition) is 1. The van der Waals surface area contributed by atoms with E-state index in [0.29, 0.717) is 17.8 Å². The highest BCUT2D eigenvalue weighted by molar-refractivity contribution is 8.00. The molecule has 4 aromatic heterocycles. The van der Waals surface area contributed by atoms with Gasteiger partial charge in [-0.1, -0.05) is 203 Å². The maximum absolute atomic E-state index is 2.54. The molecular formula is C75H59BN4S. The number of benzene rings is 11. The van der Waals surface area contributed by atoms with Crippen LogP contribution >= 0.6 is 11.8 Å². The van der Waals surface area contributed by atoms with Gasteiger partial charge in [0.15, 0.2) is 0 Å². The van der Waals surface area contributed by atoms with Crippen LogP contribution in [0.4, 0.5) is 0 Å². The maximum atomic E-state index is 2.54. The fourth-order valence-electron chi connectivity index (χ4n) is 14.0. The van der Waals surface area contributed by atoms with Crippen molar-refractivity contribution in [2.24, 2.45) is 0 Å². The van der Waals surface area contributed by atoms with E-state index in [1.807, 2.05) is 11.8 Å². The predicted octanol–water partition coefficient (Wildman–Crippen LogP) is 18.4. The highest BCUT2D eigenvalue weighted by Crippen LogP contribution is 2.44. The van der Waals surface area contributed by atoms with Crippen LogP contribution in [0, 0.1) is 0 Å². The summed E-state index contributed by atoms with van der Waals surface area (Å²) in [6.07, 6.45) is 0. The van der Waals surface area contributed by atoms with Gasteiger partial charge in [0.1, 0.15) is 0 Å². The first-order valence-electron chi connectivity index (χ1n) is 28.9. The molecule has 0 fully saturated rings. The van der Waals surface area contributed by atoms with Crippen LogP contribution in [-0.2, 0) is 0 Å². The standard InChI is InChI=1S/C75H59BN4S/c1-45(2)48-37-57(46(3)4)75(58(38-48)47(5)6)76-63-35-33-51(79-67-31-19-15-27-55(67)61-41-59-53-25-13-17-29-65(53)77(69(59)43-71(61)79)49-21-9-7-10-22-49)39-73(63)81-74-40-52(34-36-64(74)76)80-68-32-20-16-28-56(68)62-42-60-54-26-14-18-30-66(54)78(70(60)44-72(62)80)50-23-11-8-12-24-50/h7-47H,1-6H3. The van der Waals surface area contributed by atoms with E-state index in [1.54, 1.807) is 0 Å². The highest BCUT2D eigenvalue weighted by Gasteiger charge is 2.37. The Morgan fingerprint density at radius 2 is 0.617 bits per heavy atom. The van der Waals surface area contributed by atoms with E-state index in [1.165, 1.54) is 130 Å². The van der Waals surface area contributed by atoms with Crippen molar-refractivity contribution in [1.29, 1.82) is 0 Å². The molecule has 5 heterocycles. The second-order valence-corrected chi connectivity index (χ2v) is 24.5. The summed E-state index contributed by atoms with van der Waals surface area (Å²) in [7, 11) is 0. The van der Waals surface area contributed by atoms with Crippen LogP contribution in [-0.4, -0.2) is 25.0 Å². The second-order valence-electron chi connectivity index (χ2n) is 23.4. The van der Waals surface area contributed by atoms with Crippen LogP contribution in [0.5, 0.6) is 0 Å². The lowest BCUT2D eigenvalue weighted by molar-refractivity contribution is 0.812. The van der Waals surface area contributed by atoms with Crippen molar-refractivity contribution in [3.05, 3.63) is 247 Å². The molecule has 1 aliphatic rings. The molecule has 388 valence electrons. The number of fused-ring (bicyclic) bond motifs is 14. The molecule has 1 aliphatic heterocycles. The van der Waals surface area contributed by atoms with Gasteiger partial charge in [-0.15, -0.1) is 0 Å². The van der Waals surface area contributed by atoms with Crippen LogP contribution in [0.3, 0.4) is 0 Å². The number of hydrogen-bond donors (Lipinski definition) is 0. The molecule has 15 aromatic rings. The normalized spacial score (nSPS) is 12.8. The Kier molecular flexibility index (Phi) is 10.8. The Labute approximate surface area is 476 Å². The molecule has 11 aromatic carbocycles. The topological polar surface area (TPSA) is 19.7 Å². The lowest BCUT2D eigenvalue weighted by atomic mass is 9.34. The summed E-state index contributed by atoms with van der Waals surface area (Å²) in [4.78, 5) is 2.59. The average Bonchev–Trinajstić information content (AvgIpc) is 3.49. The van der Waals surface area contributed by atoms with Crippen molar-refractivity contribution in [2.45, 2.75) is 69.1 Å². The zero-order chi connectivity index (χ0) is 54.4. The number of rotatable bonds is 8. The Balaban J connectivity index is 0.946. The molecule has 0 radical (unpaired) electrons. The first-order valence-corrected chi connectivity index (χ1v) is 29.7. The van der Waals surface area contributed by atoms with Gasteiger partial charge in [0, 0.05) is 75.6 Å². The van der Waals surface area contributed by atoms with Crippen LogP contribution < -0.4 is 16.4 Å². The number of nitrogens with zero attached hydrogens (tertiary/aromatic N) is 4. The summed E-state index contributed by atoms with van der Waals surface area (Å²) in [6, 6.07) is 87.1. The minimum absolute atomic E-state index is 0.0223. The molecule has 0 atom stereocenters. The van der Waals surface area contributed by atoms with Gasteiger partial charge in [-0.05, 0) is 132 Å². The molecule has 0 amide bonds. The average molecular weight is 1060 g/mol. The minimum atomic E-state index is 0.0223. The van der Waals surface area contributed by atoms with Crippen LogP contribution in [0.25, 0.3) is 110 Å². The van der Waals surface area contributed by atoms with Crippen molar-refractivity contribution in [3.63, 3.8) is 0 Å². The van der Waals surface area contributed by atoms with E-state index < -0.39 is 0 Å². The monoisotopic (exact) mass is 1060 g/mol. The SMILES string of the molecule is CC(C)c1cc(C(C)C)c(B2c3ccc(-n4c5ccccc5c5cc6c7ccccc7n(-c7ccccc7)c6cc54)cc3Sc3cc(-n4c5ccccc5c5cc6c7ccccc7n(-c7ccccc7)c6cc54)ccc32)c(C(C)C)c1. The number of para-hydroxylation sites is 6. The van der Waals surface area contributed by atoms with Gasteiger partial charge >= 0.3 is 0 Å². The molecule has 0 unspecified atom stereocenters. The molecule has 0 saturated carbocycles. The zero-order valence-corrected chi connectivity index (χ0v) is 47.3. The fourth-order valence-corrected chi connectivity index (χ4v) is 15.3. The molecule has 0 aliphatic carbocycles. The lowest BCUT2D eigenvalue weighted by Gasteiger charge is -2.32. The summed E-state index contributed by atoms with van der Waals surface area (Å²) >= 11 is 1.94. The van der Waals surface area contributed by atoms with E-state index in [2.05, 4.69) is 290 Å². The van der Waals surface area contributed by atoms with Crippen molar-refractivity contribution < 1.29 is 0 Å². The molecule has 6 heteroatoms. The van der Waals surface area contributed by atoms with Crippen LogP contribution in [0.1, 0.15) is 76.0 Å². The Hall–Kier alpha value is -8.97. The third kappa shape index (κ3) is 7.19. The Morgan fingerprint density at radius 3 is 0.963 bits per heavy atom. The summed E-state index contributed by atoms with van der Waals surface area (Å²) in [5, 5.41) is 10.1. The second kappa shape index (κ2) is 18.3. The van der Waals surface area contributed by atoms with E-state index in [9.17, 15) is 0 Å². The van der Waals surface area contributed by atoms with Gasteiger partial charge in [0.25, 0.3) is 0 Å². The number of aromatic nitrogens is 4. The predicted molar refractivity (Wildman–Crippen MR) is 348 cm³/mol. The molecule has 4 nitrogen and oxygen atoms in total. The third-order valence-electron chi connectivity index (χ3n) is 17.8. The van der Waals surface area contributed by atoms with Gasteiger partial charge in [0.05, 0.1) is 44.1 Å². The lowest BCUT2D eigenvalue weighted by Crippen LogP contribution is -2.57. The summed E-state index contributed by atoms with van der Waals surface area (Å²) in [5.74, 6) is 1.08. The fraction of sp³-hybridized carbons (Fsp3) is 0.120. The highest BCUT2D eigenvalue weighted by atomic mass is 32.2. The van der Waals surface area contributed by atoms with E-state index in [4.69, 9.17) is 0 Å². The quantitative estimate of drug-likeness (QED) is 0.139. The molecule has 0 bridgehead atoms. The third-order valence-corrected chi connectivity index (χ3v) is 18.9. The van der Waals surface area contributed by atoms with E-state index in [-0.39, 0.29) is 6.71 Å². The van der Waals surface area contributed by atoms with E-state index >= 15 is 0 Å². The van der Waals surface area contributed by atoms with Gasteiger partial charge in [-0.2, -0.15) is 0 Å². The minimum Gasteiger partial charge on any atom is -0.309 e. The van der Waals surface area contributed by atoms with Crippen LogP contribution in [0.15, 0.2) is 240 Å². The first kappa shape index (κ1) is 48.0.